The van der Waals surface area contributed by atoms with Crippen LogP contribution in [0.5, 0.6) is 0 Å². The van der Waals surface area contributed by atoms with E-state index < -0.39 is 0 Å². The number of benzene rings is 2. The highest BCUT2D eigenvalue weighted by molar-refractivity contribution is 5.92. The van der Waals surface area contributed by atoms with Gasteiger partial charge in [0.05, 0.1) is 11.2 Å². The van der Waals surface area contributed by atoms with Gasteiger partial charge < -0.3 is 10.2 Å². The number of likely N-dealkylation sites (tertiary alicyclic amines) is 1. The van der Waals surface area contributed by atoms with Gasteiger partial charge in [-0.15, -0.1) is 6.42 Å². The Morgan fingerprint density at radius 2 is 1.97 bits per heavy atom. The molecule has 1 aliphatic rings. The number of anilines is 2. The van der Waals surface area contributed by atoms with Crippen molar-refractivity contribution >= 4 is 28.3 Å². The molecule has 2 aromatic carbocycles. The lowest BCUT2D eigenvalue weighted by Crippen LogP contribution is -2.28. The molecule has 0 radical (unpaired) electrons. The Morgan fingerprint density at radius 1 is 1.06 bits per heavy atom. The number of aryl methyl sites for hydroxylation is 1. The molecule has 2 aromatic heterocycles. The minimum Gasteiger partial charge on any atom is -0.343 e. The van der Waals surface area contributed by atoms with Crippen molar-refractivity contribution in [3.8, 4) is 18.0 Å². The average Bonchev–Trinajstić information content (AvgIpc) is 3.44. The van der Waals surface area contributed by atoms with Crippen molar-refractivity contribution < 1.29 is 4.79 Å². The monoisotopic (exact) mass is 452 g/mol. The number of terminal acetylenes is 1. The second-order valence-electron chi connectivity index (χ2n) is 8.26. The first-order valence-corrected chi connectivity index (χ1v) is 11.3. The highest BCUT2D eigenvalue weighted by Gasteiger charge is 2.19. The second-order valence-corrected chi connectivity index (χ2v) is 8.26. The number of nitrogens with zero attached hydrogens (tertiary/aromatic N) is 5. The van der Waals surface area contributed by atoms with Crippen LogP contribution >= 0.6 is 0 Å². The largest absolute Gasteiger partial charge is 0.343 e. The summed E-state index contributed by atoms with van der Waals surface area (Å²) in [5.74, 6) is 3.47. The van der Waals surface area contributed by atoms with Crippen molar-refractivity contribution in [2.75, 3.05) is 18.4 Å². The lowest BCUT2D eigenvalue weighted by molar-refractivity contribution is -0.127. The van der Waals surface area contributed by atoms with Crippen LogP contribution in [-0.4, -0.2) is 43.0 Å². The Bertz CT molecular complexity index is 1460. The third-order valence-corrected chi connectivity index (χ3v) is 6.03. The molecule has 8 nitrogen and oxygen atoms in total. The maximum atomic E-state index is 13.0. The Morgan fingerprint density at radius 3 is 2.79 bits per heavy atom. The van der Waals surface area contributed by atoms with Crippen molar-refractivity contribution in [1.82, 2.24) is 24.0 Å². The smallest absolute Gasteiger partial charge is 0.332 e. The Kier molecular flexibility index (Phi) is 5.83. The van der Waals surface area contributed by atoms with Gasteiger partial charge in [0.2, 0.25) is 5.91 Å². The van der Waals surface area contributed by atoms with Crippen molar-refractivity contribution in [3.63, 3.8) is 0 Å². The Hall–Kier alpha value is -4.38. The minimum atomic E-state index is -0.125. The fraction of sp³-hybridized carbons (Fsp3) is 0.231. The lowest BCUT2D eigenvalue weighted by atomic mass is 10.2. The van der Waals surface area contributed by atoms with Crippen LogP contribution in [0.4, 0.5) is 11.5 Å². The normalized spacial score (nSPS) is 13.4. The number of rotatable bonds is 7. The van der Waals surface area contributed by atoms with E-state index in [2.05, 4.69) is 21.2 Å². The summed E-state index contributed by atoms with van der Waals surface area (Å²) >= 11 is 0. The molecule has 0 saturated carbocycles. The highest BCUT2D eigenvalue weighted by Crippen LogP contribution is 2.25. The fourth-order valence-electron chi connectivity index (χ4n) is 4.27. The summed E-state index contributed by atoms with van der Waals surface area (Å²) in [6, 6.07) is 13.2. The molecular weight excluding hydrogens is 428 g/mol. The van der Waals surface area contributed by atoms with Gasteiger partial charge >= 0.3 is 5.69 Å². The standard InChI is InChI=1S/C26H24N6O2/c1-2-19-6-3-7-20(16-19)29-25-22-17-21(9-10-23(22)27-18-28-25)32-15-14-31(26(32)34)13-5-12-30-11-4-8-24(30)33/h1,3,6-7,9-10,14-18H,4-5,8,11-13H2,(H,27,28,29). The number of amides is 1. The number of fused-ring (bicyclic) bond motifs is 1. The maximum absolute atomic E-state index is 13.0. The number of hydrogen-bond donors (Lipinski definition) is 1. The molecular formula is C26H24N6O2. The zero-order valence-corrected chi connectivity index (χ0v) is 18.6. The molecule has 1 N–H and O–H groups in total. The molecule has 1 amide bonds. The van der Waals surface area contributed by atoms with Crippen LogP contribution in [0.1, 0.15) is 24.8 Å². The van der Waals surface area contributed by atoms with E-state index in [9.17, 15) is 9.59 Å². The summed E-state index contributed by atoms with van der Waals surface area (Å²) in [5, 5.41) is 4.10. The van der Waals surface area contributed by atoms with Gasteiger partial charge in [-0.25, -0.2) is 14.8 Å². The van der Waals surface area contributed by atoms with Gasteiger partial charge in [-0.3, -0.25) is 13.9 Å². The van der Waals surface area contributed by atoms with E-state index in [1.54, 1.807) is 21.5 Å². The Labute approximate surface area is 196 Å². The molecule has 0 unspecified atom stereocenters. The van der Waals surface area contributed by atoms with Crippen LogP contribution in [0.3, 0.4) is 0 Å². The van der Waals surface area contributed by atoms with E-state index >= 15 is 0 Å². The molecule has 0 atom stereocenters. The number of aromatic nitrogens is 4. The molecule has 1 aliphatic heterocycles. The predicted molar refractivity (Wildman–Crippen MR) is 131 cm³/mol. The number of imidazole rings is 1. The summed E-state index contributed by atoms with van der Waals surface area (Å²) in [6.45, 7) is 2.06. The topological polar surface area (TPSA) is 85.1 Å². The quantitative estimate of drug-likeness (QED) is 0.435. The molecule has 0 aliphatic carbocycles. The zero-order chi connectivity index (χ0) is 23.5. The van der Waals surface area contributed by atoms with Crippen molar-refractivity contribution in [3.05, 3.63) is 77.2 Å². The summed E-state index contributed by atoms with van der Waals surface area (Å²) in [6.07, 6.45) is 12.9. The number of hydrogen-bond acceptors (Lipinski definition) is 5. The van der Waals surface area contributed by atoms with E-state index in [0.717, 1.165) is 47.2 Å². The van der Waals surface area contributed by atoms with Gasteiger partial charge in [-0.1, -0.05) is 12.0 Å². The first kappa shape index (κ1) is 21.5. The molecule has 8 heteroatoms. The molecule has 170 valence electrons. The van der Waals surface area contributed by atoms with Crippen molar-refractivity contribution in [1.29, 1.82) is 0 Å². The molecule has 34 heavy (non-hydrogen) atoms. The minimum absolute atomic E-state index is 0.125. The van der Waals surface area contributed by atoms with Gasteiger partial charge in [0, 0.05) is 55.1 Å². The van der Waals surface area contributed by atoms with E-state index in [1.807, 2.05) is 47.4 Å². The third-order valence-electron chi connectivity index (χ3n) is 6.03. The molecule has 5 rings (SSSR count). The number of carbonyl (C=O) groups is 1. The maximum Gasteiger partial charge on any atom is 0.332 e. The van der Waals surface area contributed by atoms with E-state index in [-0.39, 0.29) is 11.6 Å². The van der Waals surface area contributed by atoms with Crippen LogP contribution in [0, 0.1) is 12.3 Å². The molecule has 0 bridgehead atoms. The van der Waals surface area contributed by atoms with Crippen molar-refractivity contribution in [2.45, 2.75) is 25.8 Å². The van der Waals surface area contributed by atoms with Crippen molar-refractivity contribution in [2.24, 2.45) is 0 Å². The summed E-state index contributed by atoms with van der Waals surface area (Å²) in [5.41, 5.74) is 2.95. The van der Waals surface area contributed by atoms with Gasteiger partial charge in [0.15, 0.2) is 0 Å². The first-order chi connectivity index (χ1) is 16.6. The SMILES string of the molecule is C#Cc1cccc(Nc2ncnc3ccc(-n4ccn(CCCN5CCCC5=O)c4=O)cc23)c1. The number of nitrogens with one attached hydrogen (secondary N) is 1. The summed E-state index contributed by atoms with van der Waals surface area (Å²) < 4.78 is 3.28. The van der Waals surface area contributed by atoms with E-state index in [1.165, 1.54) is 6.33 Å². The molecule has 3 heterocycles. The van der Waals surface area contributed by atoms with Gasteiger partial charge in [0.25, 0.3) is 0 Å². The second kappa shape index (κ2) is 9.24. The molecule has 1 saturated heterocycles. The highest BCUT2D eigenvalue weighted by atomic mass is 16.2. The predicted octanol–water partition coefficient (Wildman–Crippen LogP) is 3.32. The van der Waals surface area contributed by atoms with Crippen LogP contribution in [0.2, 0.25) is 0 Å². The summed E-state index contributed by atoms with van der Waals surface area (Å²) in [7, 11) is 0. The van der Waals surface area contributed by atoms with Crippen LogP contribution in [0.25, 0.3) is 16.6 Å². The lowest BCUT2D eigenvalue weighted by Gasteiger charge is -2.14. The number of carbonyl (C=O) groups excluding carboxylic acids is 1. The molecule has 1 fully saturated rings. The van der Waals surface area contributed by atoms with Gasteiger partial charge in [0.1, 0.15) is 12.1 Å². The van der Waals surface area contributed by atoms with Gasteiger partial charge in [-0.05, 0) is 49.2 Å². The fourth-order valence-corrected chi connectivity index (χ4v) is 4.27. The first-order valence-electron chi connectivity index (χ1n) is 11.3. The van der Waals surface area contributed by atoms with Crippen LogP contribution in [-0.2, 0) is 11.3 Å². The average molecular weight is 453 g/mol. The molecule has 4 aromatic rings. The van der Waals surface area contributed by atoms with Gasteiger partial charge in [-0.2, -0.15) is 0 Å². The summed E-state index contributed by atoms with van der Waals surface area (Å²) in [4.78, 5) is 35.4. The third kappa shape index (κ3) is 4.28. The Balaban J connectivity index is 1.39. The van der Waals surface area contributed by atoms with E-state index in [0.29, 0.717) is 25.3 Å². The van der Waals surface area contributed by atoms with Crippen LogP contribution < -0.4 is 11.0 Å². The zero-order valence-electron chi connectivity index (χ0n) is 18.6. The van der Waals surface area contributed by atoms with Crippen LogP contribution in [0.15, 0.2) is 66.0 Å². The van der Waals surface area contributed by atoms with E-state index in [4.69, 9.17) is 6.42 Å². The molecule has 0 spiro atoms.